The van der Waals surface area contributed by atoms with Crippen LogP contribution in [0.2, 0.25) is 0 Å². The number of hydrogen-bond acceptors (Lipinski definition) is 5. The Balaban J connectivity index is 2.01. The van der Waals surface area contributed by atoms with Gasteiger partial charge in [0.25, 0.3) is 0 Å². The van der Waals surface area contributed by atoms with Crippen molar-refractivity contribution in [3.63, 3.8) is 0 Å². The Labute approximate surface area is 152 Å². The Morgan fingerprint density at radius 1 is 1.27 bits per heavy atom. The van der Waals surface area contributed by atoms with Crippen LogP contribution in [0.5, 0.6) is 5.75 Å². The molecular weight excluding hydrogens is 357 g/mol. The zero-order chi connectivity index (χ0) is 18.7. The zero-order valence-electron chi connectivity index (χ0n) is 14.5. The molecule has 1 aliphatic heterocycles. The van der Waals surface area contributed by atoms with Gasteiger partial charge in [0.05, 0.1) is 15.9 Å². The van der Waals surface area contributed by atoms with E-state index in [-0.39, 0.29) is 22.3 Å². The minimum atomic E-state index is -3.86. The molecule has 1 fully saturated rings. The lowest BCUT2D eigenvalue weighted by atomic mass is 9.97. The summed E-state index contributed by atoms with van der Waals surface area (Å²) in [5, 5.41) is 12.8. The highest BCUT2D eigenvalue weighted by atomic mass is 32.2. The summed E-state index contributed by atoms with van der Waals surface area (Å²) < 4.78 is 44.8. The van der Waals surface area contributed by atoms with E-state index in [1.54, 1.807) is 13.0 Å². The van der Waals surface area contributed by atoms with Gasteiger partial charge in [-0.3, -0.25) is 0 Å². The van der Waals surface area contributed by atoms with Crippen LogP contribution in [0.25, 0.3) is 0 Å². The van der Waals surface area contributed by atoms with E-state index in [0.717, 1.165) is 31.1 Å². The largest absolute Gasteiger partial charge is 0.491 e. The maximum Gasteiger partial charge on any atom is 0.206 e. The summed E-state index contributed by atoms with van der Waals surface area (Å²) in [5.41, 5.74) is 0.911. The van der Waals surface area contributed by atoms with Crippen molar-refractivity contribution >= 4 is 9.84 Å². The highest BCUT2D eigenvalue weighted by Gasteiger charge is 2.24. The molecule has 0 aromatic heterocycles. The fraction of sp³-hybridized carbons (Fsp3) is 0.368. The van der Waals surface area contributed by atoms with Crippen LogP contribution >= 0.6 is 0 Å². The van der Waals surface area contributed by atoms with E-state index in [4.69, 9.17) is 4.74 Å². The second kappa shape index (κ2) is 7.73. The normalized spacial score (nSPS) is 18.7. The molecule has 3 rings (SSSR count). The Morgan fingerprint density at radius 3 is 2.69 bits per heavy atom. The number of halogens is 1. The van der Waals surface area contributed by atoms with Gasteiger partial charge in [-0.15, -0.1) is 0 Å². The lowest BCUT2D eigenvalue weighted by Gasteiger charge is -2.18. The van der Waals surface area contributed by atoms with E-state index < -0.39 is 21.8 Å². The molecule has 1 aliphatic rings. The van der Waals surface area contributed by atoms with E-state index in [9.17, 15) is 17.9 Å². The van der Waals surface area contributed by atoms with E-state index in [2.05, 4.69) is 5.32 Å². The Bertz CT molecular complexity index is 877. The Hall–Kier alpha value is -1.96. The fourth-order valence-corrected chi connectivity index (χ4v) is 4.35. The molecule has 1 heterocycles. The van der Waals surface area contributed by atoms with Gasteiger partial charge in [0, 0.05) is 12.5 Å². The van der Waals surface area contributed by atoms with Crippen molar-refractivity contribution in [1.29, 1.82) is 0 Å². The van der Waals surface area contributed by atoms with Crippen LogP contribution in [0.15, 0.2) is 52.3 Å². The first-order valence-electron chi connectivity index (χ1n) is 8.54. The zero-order valence-corrected chi connectivity index (χ0v) is 15.3. The molecule has 2 aromatic rings. The highest BCUT2D eigenvalue weighted by molar-refractivity contribution is 7.91. The summed E-state index contributed by atoms with van der Waals surface area (Å²) in [6.45, 7) is 3.35. The second-order valence-corrected chi connectivity index (χ2v) is 8.46. The van der Waals surface area contributed by atoms with Crippen molar-refractivity contribution in [2.75, 3.05) is 19.7 Å². The van der Waals surface area contributed by atoms with Crippen LogP contribution in [0.3, 0.4) is 0 Å². The molecule has 0 saturated carbocycles. The second-order valence-electron chi connectivity index (χ2n) is 6.51. The lowest BCUT2D eigenvalue weighted by Crippen LogP contribution is -2.15. The lowest BCUT2D eigenvalue weighted by molar-refractivity contribution is 0.122. The average molecular weight is 379 g/mol. The van der Waals surface area contributed by atoms with Crippen LogP contribution in [0, 0.1) is 5.82 Å². The maximum atomic E-state index is 13.4. The quantitative estimate of drug-likeness (QED) is 0.807. The summed E-state index contributed by atoms with van der Waals surface area (Å²) in [6, 6.07) is 9.68. The van der Waals surface area contributed by atoms with Gasteiger partial charge in [-0.1, -0.05) is 12.1 Å². The van der Waals surface area contributed by atoms with Crippen molar-refractivity contribution in [3.05, 3.63) is 53.8 Å². The number of hydrogen-bond donors (Lipinski definition) is 2. The topological polar surface area (TPSA) is 75.6 Å². The molecule has 0 bridgehead atoms. The standard InChI is InChI=1S/C19H22FNO4S/c1-13(22)12-25-19-10-17(5-6-18(19)14-7-8-21-11-14)26(23,24)16-4-2-3-15(20)9-16/h2-6,9-10,13-14,21-22H,7-8,11-12H2,1H3. The predicted octanol–water partition coefficient (Wildman–Crippen LogP) is 2.50. The summed E-state index contributed by atoms with van der Waals surface area (Å²) in [6.07, 6.45) is 0.258. The van der Waals surface area contributed by atoms with Crippen molar-refractivity contribution in [2.24, 2.45) is 0 Å². The predicted molar refractivity (Wildman–Crippen MR) is 95.7 cm³/mol. The molecule has 1 saturated heterocycles. The SMILES string of the molecule is CC(O)COc1cc(S(=O)(=O)c2cccc(F)c2)ccc1C1CCNC1. The molecule has 2 aromatic carbocycles. The molecule has 140 valence electrons. The first-order valence-corrected chi connectivity index (χ1v) is 10.0. The maximum absolute atomic E-state index is 13.4. The summed E-state index contributed by atoms with van der Waals surface area (Å²) in [5.74, 6) is 0.0623. The minimum Gasteiger partial charge on any atom is -0.491 e. The van der Waals surface area contributed by atoms with E-state index in [0.29, 0.717) is 5.75 Å². The molecular formula is C19H22FNO4S. The monoisotopic (exact) mass is 379 g/mol. The van der Waals surface area contributed by atoms with Gasteiger partial charge in [-0.2, -0.15) is 0 Å². The van der Waals surface area contributed by atoms with E-state index in [1.807, 2.05) is 0 Å². The van der Waals surface area contributed by atoms with Crippen molar-refractivity contribution in [1.82, 2.24) is 5.32 Å². The van der Waals surface area contributed by atoms with Gasteiger partial charge in [0.2, 0.25) is 9.84 Å². The fourth-order valence-electron chi connectivity index (χ4n) is 3.04. The van der Waals surface area contributed by atoms with Gasteiger partial charge in [-0.25, -0.2) is 12.8 Å². The Kier molecular flexibility index (Phi) is 5.60. The molecule has 7 heteroatoms. The van der Waals surface area contributed by atoms with Gasteiger partial charge < -0.3 is 15.2 Å². The van der Waals surface area contributed by atoms with Crippen molar-refractivity contribution in [3.8, 4) is 5.75 Å². The average Bonchev–Trinajstić information content (AvgIpc) is 3.14. The number of sulfone groups is 1. The van der Waals surface area contributed by atoms with Crippen molar-refractivity contribution in [2.45, 2.75) is 35.2 Å². The molecule has 0 aliphatic carbocycles. The molecule has 0 amide bonds. The molecule has 26 heavy (non-hydrogen) atoms. The number of aliphatic hydroxyl groups excluding tert-OH is 1. The molecule has 0 spiro atoms. The third-order valence-corrected chi connectivity index (χ3v) is 6.13. The Morgan fingerprint density at radius 2 is 2.04 bits per heavy atom. The molecule has 0 radical (unpaired) electrons. The van der Waals surface area contributed by atoms with Gasteiger partial charge in [-0.05, 0) is 55.8 Å². The van der Waals surface area contributed by atoms with Crippen LogP contribution < -0.4 is 10.1 Å². The highest BCUT2D eigenvalue weighted by Crippen LogP contribution is 2.34. The van der Waals surface area contributed by atoms with Crippen LogP contribution in [0.1, 0.15) is 24.8 Å². The third-order valence-electron chi connectivity index (χ3n) is 4.38. The molecule has 5 nitrogen and oxygen atoms in total. The number of ether oxygens (including phenoxy) is 1. The van der Waals surface area contributed by atoms with Crippen LogP contribution in [-0.2, 0) is 9.84 Å². The molecule has 2 atom stereocenters. The van der Waals surface area contributed by atoms with Gasteiger partial charge in [0.1, 0.15) is 18.2 Å². The van der Waals surface area contributed by atoms with E-state index in [1.165, 1.54) is 30.3 Å². The first kappa shape index (κ1) is 18.8. The van der Waals surface area contributed by atoms with Crippen molar-refractivity contribution < 1.29 is 22.7 Å². The minimum absolute atomic E-state index is 0.0402. The van der Waals surface area contributed by atoms with Crippen LogP contribution in [-0.4, -0.2) is 39.3 Å². The molecule has 2 unspecified atom stereocenters. The smallest absolute Gasteiger partial charge is 0.206 e. The summed E-state index contributed by atoms with van der Waals surface area (Å²) in [7, 11) is -3.86. The number of benzene rings is 2. The van der Waals surface area contributed by atoms with Gasteiger partial charge in [0.15, 0.2) is 0 Å². The van der Waals surface area contributed by atoms with Crippen LogP contribution in [0.4, 0.5) is 4.39 Å². The number of rotatable bonds is 6. The molecule has 2 N–H and O–H groups in total. The summed E-state index contributed by atoms with van der Waals surface area (Å²) in [4.78, 5) is -0.0624. The number of aliphatic hydroxyl groups is 1. The first-order chi connectivity index (χ1) is 12.4. The van der Waals surface area contributed by atoms with Gasteiger partial charge >= 0.3 is 0 Å². The third kappa shape index (κ3) is 4.06. The van der Waals surface area contributed by atoms with E-state index >= 15 is 0 Å². The number of nitrogens with one attached hydrogen (secondary N) is 1. The summed E-state index contributed by atoms with van der Waals surface area (Å²) >= 11 is 0.